The van der Waals surface area contributed by atoms with Gasteiger partial charge < -0.3 is 10.6 Å². The second kappa shape index (κ2) is 7.79. The van der Waals surface area contributed by atoms with Crippen LogP contribution in [0.4, 0.5) is 23.7 Å². The van der Waals surface area contributed by atoms with Crippen molar-refractivity contribution in [3.63, 3.8) is 0 Å². The van der Waals surface area contributed by atoms with Crippen molar-refractivity contribution in [2.75, 3.05) is 5.32 Å². The number of nitriles is 1. The summed E-state index contributed by atoms with van der Waals surface area (Å²) in [5.41, 5.74) is 0.0327. The number of H-pyrrole nitrogens is 1. The van der Waals surface area contributed by atoms with Crippen molar-refractivity contribution >= 4 is 11.7 Å². The van der Waals surface area contributed by atoms with E-state index in [1.807, 2.05) is 6.07 Å². The van der Waals surface area contributed by atoms with E-state index in [0.29, 0.717) is 11.3 Å². The van der Waals surface area contributed by atoms with Crippen LogP contribution in [0.5, 0.6) is 0 Å². The smallest absolute Gasteiger partial charge is 0.324 e. The summed E-state index contributed by atoms with van der Waals surface area (Å²) in [4.78, 5) is 16.3. The average Bonchev–Trinajstić information content (AvgIpc) is 3.20. The van der Waals surface area contributed by atoms with Crippen molar-refractivity contribution < 1.29 is 18.0 Å². The maximum atomic E-state index is 13.0. The fraction of sp³-hybridized carbons (Fsp3) is 0.111. The molecule has 0 unspecified atom stereocenters. The number of halogens is 3. The number of hydrogen-bond acceptors (Lipinski definition) is 4. The standard InChI is InChI=1S/C18H13F3N6O/c19-18(20,21)13-5-2-4-12(8-13)15(16-23-10-24-27-16)26-17(28)25-14-6-1-3-11(7-14)9-22/h1-8,10,15H,(H,23,24,27)(H2,25,26,28)/t15-/m1/s1. The number of anilines is 1. The van der Waals surface area contributed by atoms with Crippen LogP contribution < -0.4 is 10.6 Å². The molecule has 0 aliphatic carbocycles. The number of carbonyl (C=O) groups excluding carboxylic acids is 1. The van der Waals surface area contributed by atoms with E-state index in [-0.39, 0.29) is 11.4 Å². The van der Waals surface area contributed by atoms with E-state index in [0.717, 1.165) is 12.1 Å². The number of nitrogens with zero attached hydrogens (tertiary/aromatic N) is 3. The van der Waals surface area contributed by atoms with Gasteiger partial charge in [0.1, 0.15) is 12.4 Å². The molecule has 0 saturated heterocycles. The molecule has 3 N–H and O–H groups in total. The first-order valence-electron chi connectivity index (χ1n) is 7.97. The van der Waals surface area contributed by atoms with Gasteiger partial charge in [0, 0.05) is 5.69 Å². The number of amides is 2. The highest BCUT2D eigenvalue weighted by molar-refractivity contribution is 5.89. The predicted octanol–water partition coefficient (Wildman–Crippen LogP) is 3.61. The zero-order valence-corrected chi connectivity index (χ0v) is 14.2. The van der Waals surface area contributed by atoms with Crippen LogP contribution in [-0.4, -0.2) is 21.2 Å². The van der Waals surface area contributed by atoms with E-state index >= 15 is 0 Å². The lowest BCUT2D eigenvalue weighted by atomic mass is 10.0. The van der Waals surface area contributed by atoms with E-state index in [1.54, 1.807) is 18.2 Å². The maximum absolute atomic E-state index is 13.0. The predicted molar refractivity (Wildman–Crippen MR) is 93.0 cm³/mol. The monoisotopic (exact) mass is 386 g/mol. The summed E-state index contributed by atoms with van der Waals surface area (Å²) in [6, 6.07) is 11.0. The summed E-state index contributed by atoms with van der Waals surface area (Å²) in [6.07, 6.45) is -3.34. The Kier molecular flexibility index (Phi) is 5.26. The third kappa shape index (κ3) is 4.45. The van der Waals surface area contributed by atoms with Crippen LogP contribution in [0.2, 0.25) is 0 Å². The Balaban J connectivity index is 1.86. The summed E-state index contributed by atoms with van der Waals surface area (Å²) in [7, 11) is 0. The molecule has 0 radical (unpaired) electrons. The van der Waals surface area contributed by atoms with E-state index in [4.69, 9.17) is 5.26 Å². The lowest BCUT2D eigenvalue weighted by Crippen LogP contribution is -2.34. The van der Waals surface area contributed by atoms with Crippen LogP contribution in [0.25, 0.3) is 0 Å². The maximum Gasteiger partial charge on any atom is 0.416 e. The van der Waals surface area contributed by atoms with Gasteiger partial charge in [-0.15, -0.1) is 0 Å². The molecule has 28 heavy (non-hydrogen) atoms. The van der Waals surface area contributed by atoms with Gasteiger partial charge in [0.15, 0.2) is 5.82 Å². The number of urea groups is 1. The first-order valence-corrected chi connectivity index (χ1v) is 7.97. The van der Waals surface area contributed by atoms with Crippen LogP contribution in [0, 0.1) is 11.3 Å². The minimum absolute atomic E-state index is 0.167. The van der Waals surface area contributed by atoms with Gasteiger partial charge in [0.05, 0.1) is 17.2 Å². The zero-order valence-electron chi connectivity index (χ0n) is 14.2. The van der Waals surface area contributed by atoms with Crippen LogP contribution in [0.15, 0.2) is 54.9 Å². The number of aromatic nitrogens is 3. The lowest BCUT2D eigenvalue weighted by molar-refractivity contribution is -0.137. The SMILES string of the molecule is N#Cc1cccc(NC(=O)N[C@H](c2cccc(C(F)(F)F)c2)c2ncn[nH]2)c1. The molecule has 1 heterocycles. The number of nitrogens with one attached hydrogen (secondary N) is 3. The summed E-state index contributed by atoms with van der Waals surface area (Å²) >= 11 is 0. The Morgan fingerprint density at radius 2 is 1.96 bits per heavy atom. The first kappa shape index (κ1) is 18.9. The largest absolute Gasteiger partial charge is 0.416 e. The van der Waals surface area contributed by atoms with Gasteiger partial charge in [-0.3, -0.25) is 5.10 Å². The summed E-state index contributed by atoms with van der Waals surface area (Å²) in [6.45, 7) is 0. The van der Waals surface area contributed by atoms with Crippen molar-refractivity contribution in [3.05, 3.63) is 77.4 Å². The van der Waals surface area contributed by atoms with E-state index in [1.165, 1.54) is 24.5 Å². The molecule has 7 nitrogen and oxygen atoms in total. The number of aromatic amines is 1. The molecule has 2 aromatic carbocycles. The van der Waals surface area contributed by atoms with Crippen molar-refractivity contribution in [1.29, 1.82) is 5.26 Å². The highest BCUT2D eigenvalue weighted by atomic mass is 19.4. The van der Waals surface area contributed by atoms with Gasteiger partial charge in [-0.05, 0) is 35.9 Å². The normalized spacial score (nSPS) is 12.1. The minimum atomic E-state index is -4.53. The molecular weight excluding hydrogens is 373 g/mol. The van der Waals surface area contributed by atoms with Gasteiger partial charge in [0.2, 0.25) is 0 Å². The van der Waals surface area contributed by atoms with E-state index in [9.17, 15) is 18.0 Å². The van der Waals surface area contributed by atoms with Crippen LogP contribution in [0.1, 0.15) is 28.6 Å². The molecule has 142 valence electrons. The highest BCUT2D eigenvalue weighted by Gasteiger charge is 2.31. The van der Waals surface area contributed by atoms with Gasteiger partial charge in [-0.25, -0.2) is 9.78 Å². The molecule has 1 atom stereocenters. The quantitative estimate of drug-likeness (QED) is 0.637. The number of alkyl halides is 3. The van der Waals surface area contributed by atoms with Crippen LogP contribution in [-0.2, 0) is 6.18 Å². The second-order valence-electron chi connectivity index (χ2n) is 5.72. The number of rotatable bonds is 4. The summed E-state index contributed by atoms with van der Waals surface area (Å²) in [5, 5.41) is 20.3. The fourth-order valence-electron chi connectivity index (χ4n) is 2.52. The molecule has 2 amide bonds. The van der Waals surface area contributed by atoms with Gasteiger partial charge in [-0.2, -0.15) is 23.5 Å². The van der Waals surface area contributed by atoms with Crippen LogP contribution in [0.3, 0.4) is 0 Å². The highest BCUT2D eigenvalue weighted by Crippen LogP contribution is 2.31. The Bertz CT molecular complexity index is 1010. The van der Waals surface area contributed by atoms with Crippen molar-refractivity contribution in [2.24, 2.45) is 0 Å². The number of benzene rings is 2. The molecular formula is C18H13F3N6O. The Morgan fingerprint density at radius 1 is 1.18 bits per heavy atom. The second-order valence-corrected chi connectivity index (χ2v) is 5.72. The van der Waals surface area contributed by atoms with Gasteiger partial charge in [0.25, 0.3) is 0 Å². The van der Waals surface area contributed by atoms with Gasteiger partial charge in [-0.1, -0.05) is 18.2 Å². The van der Waals surface area contributed by atoms with Crippen molar-refractivity contribution in [2.45, 2.75) is 12.2 Å². The third-order valence-electron chi connectivity index (χ3n) is 3.78. The molecule has 3 rings (SSSR count). The zero-order chi connectivity index (χ0) is 20.1. The summed E-state index contributed by atoms with van der Waals surface area (Å²) < 4.78 is 39.1. The lowest BCUT2D eigenvalue weighted by Gasteiger charge is -2.19. The Morgan fingerprint density at radius 3 is 2.64 bits per heavy atom. The van der Waals surface area contributed by atoms with Crippen molar-refractivity contribution in [3.8, 4) is 6.07 Å². The summed E-state index contributed by atoms with van der Waals surface area (Å²) in [5.74, 6) is 0.167. The molecule has 0 spiro atoms. The average molecular weight is 386 g/mol. The molecule has 0 bridgehead atoms. The molecule has 10 heteroatoms. The topological polar surface area (TPSA) is 106 Å². The Labute approximate surface area is 157 Å². The number of carbonyl (C=O) groups is 1. The molecule has 0 fully saturated rings. The van der Waals surface area contributed by atoms with Crippen LogP contribution >= 0.6 is 0 Å². The first-order chi connectivity index (χ1) is 13.4. The van der Waals surface area contributed by atoms with E-state index < -0.39 is 23.8 Å². The molecule has 0 aliphatic heterocycles. The van der Waals surface area contributed by atoms with E-state index in [2.05, 4.69) is 25.8 Å². The Hall–Kier alpha value is -3.87. The number of hydrogen-bond donors (Lipinski definition) is 3. The molecule has 0 aliphatic rings. The third-order valence-corrected chi connectivity index (χ3v) is 3.78. The molecule has 3 aromatic rings. The van der Waals surface area contributed by atoms with Gasteiger partial charge >= 0.3 is 12.2 Å². The van der Waals surface area contributed by atoms with Crippen molar-refractivity contribution in [1.82, 2.24) is 20.5 Å². The molecule has 1 aromatic heterocycles. The molecule has 0 saturated carbocycles. The minimum Gasteiger partial charge on any atom is -0.324 e. The fourth-order valence-corrected chi connectivity index (χ4v) is 2.52.